The van der Waals surface area contributed by atoms with Gasteiger partial charge in [-0.1, -0.05) is 12.1 Å². The number of carbonyl (C=O) groups is 1. The summed E-state index contributed by atoms with van der Waals surface area (Å²) in [6.07, 6.45) is 0. The summed E-state index contributed by atoms with van der Waals surface area (Å²) in [5.41, 5.74) is 3.54. The molecule has 4 heteroatoms. The molecule has 0 aliphatic carbocycles. The molecule has 0 radical (unpaired) electrons. The summed E-state index contributed by atoms with van der Waals surface area (Å²) >= 11 is 3.42. The second kappa shape index (κ2) is 4.98. The third-order valence-electron chi connectivity index (χ3n) is 3.14. The first-order chi connectivity index (χ1) is 8.50. The predicted molar refractivity (Wildman–Crippen MR) is 77.0 cm³/mol. The van der Waals surface area contributed by atoms with Crippen molar-refractivity contribution in [1.29, 1.82) is 0 Å². The average Bonchev–Trinajstić information content (AvgIpc) is 2.60. The lowest BCUT2D eigenvalue weighted by Gasteiger charge is -2.07. The molecular weight excluding hydrogens is 292 g/mol. The molecule has 0 aliphatic rings. The summed E-state index contributed by atoms with van der Waals surface area (Å²) in [7, 11) is 1.96. The molecule has 94 valence electrons. The van der Waals surface area contributed by atoms with Crippen LogP contribution in [0.15, 0.2) is 34.8 Å². The Morgan fingerprint density at radius 3 is 2.50 bits per heavy atom. The maximum absolute atomic E-state index is 12.2. The van der Waals surface area contributed by atoms with E-state index in [4.69, 9.17) is 0 Å². The van der Waals surface area contributed by atoms with E-state index in [-0.39, 0.29) is 5.91 Å². The number of para-hydroxylation sites is 1. The molecule has 0 spiro atoms. The van der Waals surface area contributed by atoms with E-state index in [1.807, 2.05) is 55.8 Å². The highest BCUT2D eigenvalue weighted by Crippen LogP contribution is 2.23. The fourth-order valence-corrected chi connectivity index (χ4v) is 2.22. The quantitative estimate of drug-likeness (QED) is 0.902. The molecule has 1 N–H and O–H groups in total. The van der Waals surface area contributed by atoms with Crippen molar-refractivity contribution in [1.82, 2.24) is 4.57 Å². The van der Waals surface area contributed by atoms with Crippen LogP contribution in [0.5, 0.6) is 0 Å². The summed E-state index contributed by atoms with van der Waals surface area (Å²) in [6.45, 7) is 3.93. The smallest absolute Gasteiger partial charge is 0.257 e. The molecular formula is C14H15BrN2O. The van der Waals surface area contributed by atoms with Gasteiger partial charge in [-0.05, 0) is 48.0 Å². The lowest BCUT2D eigenvalue weighted by molar-refractivity contribution is 0.102. The maximum Gasteiger partial charge on any atom is 0.257 e. The number of nitrogens with zero attached hydrogens (tertiary/aromatic N) is 1. The van der Waals surface area contributed by atoms with Crippen molar-refractivity contribution in [3.63, 3.8) is 0 Å². The van der Waals surface area contributed by atoms with Gasteiger partial charge in [0, 0.05) is 22.9 Å². The van der Waals surface area contributed by atoms with Crippen molar-refractivity contribution in [2.75, 3.05) is 5.32 Å². The lowest BCUT2D eigenvalue weighted by Crippen LogP contribution is -2.13. The van der Waals surface area contributed by atoms with Crippen molar-refractivity contribution in [2.24, 2.45) is 7.05 Å². The van der Waals surface area contributed by atoms with Crippen molar-refractivity contribution >= 4 is 27.5 Å². The van der Waals surface area contributed by atoms with Gasteiger partial charge in [0.15, 0.2) is 0 Å². The minimum atomic E-state index is -0.0805. The topological polar surface area (TPSA) is 34.0 Å². The number of rotatable bonds is 2. The summed E-state index contributed by atoms with van der Waals surface area (Å²) in [5.74, 6) is -0.0805. The van der Waals surface area contributed by atoms with Gasteiger partial charge in [-0.15, -0.1) is 0 Å². The molecule has 2 aromatic rings. The van der Waals surface area contributed by atoms with E-state index >= 15 is 0 Å². The zero-order valence-corrected chi connectivity index (χ0v) is 12.2. The SMILES string of the molecule is Cc1cc(C(=O)Nc2ccccc2Br)c(C)n1C. The van der Waals surface area contributed by atoms with E-state index in [0.717, 1.165) is 21.5 Å². The molecule has 0 fully saturated rings. The van der Waals surface area contributed by atoms with Gasteiger partial charge in [-0.3, -0.25) is 4.79 Å². The highest BCUT2D eigenvalue weighted by atomic mass is 79.9. The largest absolute Gasteiger partial charge is 0.351 e. The fourth-order valence-electron chi connectivity index (χ4n) is 1.84. The highest BCUT2D eigenvalue weighted by molar-refractivity contribution is 9.10. The molecule has 18 heavy (non-hydrogen) atoms. The second-order valence-corrected chi connectivity index (χ2v) is 5.13. The van der Waals surface area contributed by atoms with Crippen molar-refractivity contribution < 1.29 is 4.79 Å². The standard InChI is InChI=1S/C14H15BrN2O/c1-9-8-11(10(2)17(9)3)14(18)16-13-7-5-4-6-12(13)15/h4-8H,1-3H3,(H,16,18). The van der Waals surface area contributed by atoms with E-state index < -0.39 is 0 Å². The van der Waals surface area contributed by atoms with Crippen LogP contribution in [0, 0.1) is 13.8 Å². The van der Waals surface area contributed by atoms with Gasteiger partial charge < -0.3 is 9.88 Å². The number of hydrogen-bond donors (Lipinski definition) is 1. The third-order valence-corrected chi connectivity index (χ3v) is 3.83. The molecule has 1 aromatic heterocycles. The van der Waals surface area contributed by atoms with Crippen LogP contribution in [0.3, 0.4) is 0 Å². The Labute approximate surface area is 115 Å². The highest BCUT2D eigenvalue weighted by Gasteiger charge is 2.14. The number of amides is 1. The molecule has 3 nitrogen and oxygen atoms in total. The number of nitrogens with one attached hydrogen (secondary N) is 1. The van der Waals surface area contributed by atoms with Crippen LogP contribution in [0.4, 0.5) is 5.69 Å². The lowest BCUT2D eigenvalue weighted by atomic mass is 10.2. The Morgan fingerprint density at radius 1 is 1.28 bits per heavy atom. The normalized spacial score (nSPS) is 10.4. The molecule has 0 atom stereocenters. The zero-order chi connectivity index (χ0) is 13.3. The van der Waals surface area contributed by atoms with Crippen LogP contribution in [-0.4, -0.2) is 10.5 Å². The third kappa shape index (κ3) is 2.34. The van der Waals surface area contributed by atoms with Crippen LogP contribution in [0.25, 0.3) is 0 Å². The van der Waals surface area contributed by atoms with Crippen molar-refractivity contribution in [3.05, 3.63) is 51.8 Å². The van der Waals surface area contributed by atoms with Crippen LogP contribution in [0.2, 0.25) is 0 Å². The Bertz CT molecular complexity index is 602. The number of hydrogen-bond acceptors (Lipinski definition) is 1. The molecule has 0 unspecified atom stereocenters. The summed E-state index contributed by atoms with van der Waals surface area (Å²) in [5, 5.41) is 2.91. The van der Waals surface area contributed by atoms with E-state index in [0.29, 0.717) is 5.56 Å². The molecule has 1 amide bonds. The van der Waals surface area contributed by atoms with Gasteiger partial charge in [0.05, 0.1) is 11.3 Å². The molecule has 0 aliphatic heterocycles. The van der Waals surface area contributed by atoms with Crippen LogP contribution < -0.4 is 5.32 Å². The van der Waals surface area contributed by atoms with Gasteiger partial charge in [0.2, 0.25) is 0 Å². The van der Waals surface area contributed by atoms with Crippen molar-refractivity contribution in [2.45, 2.75) is 13.8 Å². The van der Waals surface area contributed by atoms with Gasteiger partial charge in [-0.2, -0.15) is 0 Å². The molecule has 0 saturated heterocycles. The Hall–Kier alpha value is -1.55. The Balaban J connectivity index is 2.28. The van der Waals surface area contributed by atoms with E-state index in [2.05, 4.69) is 21.2 Å². The molecule has 0 saturated carbocycles. The van der Waals surface area contributed by atoms with E-state index in [1.165, 1.54) is 0 Å². The Morgan fingerprint density at radius 2 is 1.94 bits per heavy atom. The summed E-state index contributed by atoms with van der Waals surface area (Å²) in [6, 6.07) is 9.48. The molecule has 1 heterocycles. The Kier molecular flexibility index (Phi) is 3.57. The minimum Gasteiger partial charge on any atom is -0.351 e. The second-order valence-electron chi connectivity index (χ2n) is 4.28. The first kappa shape index (κ1) is 12.9. The van der Waals surface area contributed by atoms with Gasteiger partial charge in [-0.25, -0.2) is 0 Å². The first-order valence-corrected chi connectivity index (χ1v) is 6.49. The number of aromatic nitrogens is 1. The monoisotopic (exact) mass is 306 g/mol. The van der Waals surface area contributed by atoms with E-state index in [9.17, 15) is 4.79 Å². The fraction of sp³-hybridized carbons (Fsp3) is 0.214. The van der Waals surface area contributed by atoms with Gasteiger partial charge in [0.25, 0.3) is 5.91 Å². The molecule has 1 aromatic carbocycles. The zero-order valence-electron chi connectivity index (χ0n) is 10.6. The molecule has 0 bridgehead atoms. The molecule has 2 rings (SSSR count). The maximum atomic E-state index is 12.2. The number of carbonyl (C=O) groups excluding carboxylic acids is 1. The van der Waals surface area contributed by atoms with Crippen LogP contribution >= 0.6 is 15.9 Å². The van der Waals surface area contributed by atoms with Gasteiger partial charge >= 0.3 is 0 Å². The number of halogens is 1. The average molecular weight is 307 g/mol. The predicted octanol–water partition coefficient (Wildman–Crippen LogP) is 3.66. The number of aryl methyl sites for hydroxylation is 1. The minimum absolute atomic E-state index is 0.0805. The van der Waals surface area contributed by atoms with E-state index in [1.54, 1.807) is 0 Å². The van der Waals surface area contributed by atoms with Crippen LogP contribution in [0.1, 0.15) is 21.7 Å². The van der Waals surface area contributed by atoms with Gasteiger partial charge in [0.1, 0.15) is 0 Å². The first-order valence-electron chi connectivity index (χ1n) is 5.69. The summed E-state index contributed by atoms with van der Waals surface area (Å²) in [4.78, 5) is 12.2. The number of benzene rings is 1. The van der Waals surface area contributed by atoms with Crippen LogP contribution in [-0.2, 0) is 7.05 Å². The van der Waals surface area contributed by atoms with Crippen molar-refractivity contribution in [3.8, 4) is 0 Å². The number of anilines is 1. The summed E-state index contributed by atoms with van der Waals surface area (Å²) < 4.78 is 2.89.